The first-order valence-corrected chi connectivity index (χ1v) is 5.30. The van der Waals surface area contributed by atoms with E-state index in [1.54, 1.807) is 24.3 Å². The van der Waals surface area contributed by atoms with Gasteiger partial charge in [-0.05, 0) is 18.6 Å². The molecule has 2 N–H and O–H groups in total. The highest BCUT2D eigenvalue weighted by Crippen LogP contribution is 2.17. The number of nitrogens with one attached hydrogen (secondary N) is 1. The van der Waals surface area contributed by atoms with E-state index >= 15 is 0 Å². The molecule has 1 amide bonds. The van der Waals surface area contributed by atoms with E-state index in [9.17, 15) is 9.59 Å². The zero-order chi connectivity index (χ0) is 12.7. The van der Waals surface area contributed by atoms with Gasteiger partial charge in [-0.15, -0.1) is 0 Å². The molecule has 0 saturated heterocycles. The number of carbonyl (C=O) groups is 2. The second-order valence-corrected chi connectivity index (χ2v) is 3.55. The Bertz CT molecular complexity index is 403. The highest BCUT2D eigenvalue weighted by molar-refractivity contribution is 5.88. The Balaban J connectivity index is 2.42. The number of benzene rings is 1. The third-order valence-electron chi connectivity index (χ3n) is 1.96. The molecule has 0 aliphatic heterocycles. The van der Waals surface area contributed by atoms with Crippen LogP contribution in [0, 0.1) is 0 Å². The van der Waals surface area contributed by atoms with Crippen LogP contribution in [-0.4, -0.2) is 23.6 Å². The number of anilines is 1. The molecule has 92 valence electrons. The molecule has 0 fully saturated rings. The van der Waals surface area contributed by atoms with Crippen molar-refractivity contribution >= 4 is 17.6 Å². The van der Waals surface area contributed by atoms with Crippen molar-refractivity contribution in [3.05, 3.63) is 24.3 Å². The van der Waals surface area contributed by atoms with E-state index in [-0.39, 0.29) is 12.3 Å². The van der Waals surface area contributed by atoms with Gasteiger partial charge in [0.1, 0.15) is 5.75 Å². The molecule has 0 aromatic heterocycles. The molecule has 17 heavy (non-hydrogen) atoms. The van der Waals surface area contributed by atoms with Gasteiger partial charge in [0, 0.05) is 25.1 Å². The Hall–Kier alpha value is -2.04. The molecule has 1 aromatic rings. The molecule has 0 atom stereocenters. The molecule has 0 bridgehead atoms. The molecule has 1 aromatic carbocycles. The fourth-order valence-electron chi connectivity index (χ4n) is 1.28. The monoisotopic (exact) mass is 237 g/mol. The maximum Gasteiger partial charge on any atom is 0.303 e. The SMILES string of the molecule is CC(=O)Nc1cccc(OCCCC(=O)O)c1. The molecule has 0 saturated carbocycles. The van der Waals surface area contributed by atoms with Crippen molar-refractivity contribution in [1.29, 1.82) is 0 Å². The molecule has 5 nitrogen and oxygen atoms in total. The predicted octanol–water partition coefficient (Wildman–Crippen LogP) is 1.89. The molecular weight excluding hydrogens is 222 g/mol. The third-order valence-corrected chi connectivity index (χ3v) is 1.96. The number of carbonyl (C=O) groups excluding carboxylic acids is 1. The minimum atomic E-state index is -0.833. The van der Waals surface area contributed by atoms with Gasteiger partial charge in [-0.3, -0.25) is 9.59 Å². The Morgan fingerprint density at radius 2 is 2.18 bits per heavy atom. The van der Waals surface area contributed by atoms with Gasteiger partial charge in [-0.1, -0.05) is 6.07 Å². The van der Waals surface area contributed by atoms with Crippen LogP contribution in [-0.2, 0) is 9.59 Å². The molecule has 0 radical (unpaired) electrons. The van der Waals surface area contributed by atoms with Crippen LogP contribution in [0.3, 0.4) is 0 Å². The molecule has 5 heteroatoms. The Morgan fingerprint density at radius 3 is 2.82 bits per heavy atom. The zero-order valence-corrected chi connectivity index (χ0v) is 9.60. The fraction of sp³-hybridized carbons (Fsp3) is 0.333. The van der Waals surface area contributed by atoms with Crippen molar-refractivity contribution in [2.45, 2.75) is 19.8 Å². The highest BCUT2D eigenvalue weighted by atomic mass is 16.5. The molecule has 1 rings (SSSR count). The smallest absolute Gasteiger partial charge is 0.303 e. The Morgan fingerprint density at radius 1 is 1.41 bits per heavy atom. The second-order valence-electron chi connectivity index (χ2n) is 3.55. The van der Waals surface area contributed by atoms with Crippen molar-refractivity contribution in [1.82, 2.24) is 0 Å². The van der Waals surface area contributed by atoms with Crippen molar-refractivity contribution in [2.75, 3.05) is 11.9 Å². The van der Waals surface area contributed by atoms with Gasteiger partial charge >= 0.3 is 5.97 Å². The fourth-order valence-corrected chi connectivity index (χ4v) is 1.28. The number of hydrogen-bond acceptors (Lipinski definition) is 3. The lowest BCUT2D eigenvalue weighted by Crippen LogP contribution is -2.06. The van der Waals surface area contributed by atoms with Crippen molar-refractivity contribution in [3.63, 3.8) is 0 Å². The Labute approximate surface area is 99.4 Å². The van der Waals surface area contributed by atoms with Gasteiger partial charge < -0.3 is 15.2 Å². The number of carboxylic acids is 1. The van der Waals surface area contributed by atoms with E-state index in [4.69, 9.17) is 9.84 Å². The number of rotatable bonds is 6. The first-order chi connectivity index (χ1) is 8.08. The van der Waals surface area contributed by atoms with Crippen molar-refractivity contribution in [2.24, 2.45) is 0 Å². The number of aliphatic carboxylic acids is 1. The standard InChI is InChI=1S/C12H15NO4/c1-9(14)13-10-4-2-5-11(8-10)17-7-3-6-12(15)16/h2,4-5,8H,3,6-7H2,1H3,(H,13,14)(H,15,16). The quantitative estimate of drug-likeness (QED) is 0.741. The average molecular weight is 237 g/mol. The summed E-state index contributed by atoms with van der Waals surface area (Å²) in [6.45, 7) is 1.77. The van der Waals surface area contributed by atoms with Gasteiger partial charge in [-0.2, -0.15) is 0 Å². The second kappa shape index (κ2) is 6.52. The summed E-state index contributed by atoms with van der Waals surface area (Å²) in [5.41, 5.74) is 0.660. The van der Waals surface area contributed by atoms with Crippen LogP contribution < -0.4 is 10.1 Å². The van der Waals surface area contributed by atoms with Crippen molar-refractivity contribution in [3.8, 4) is 5.75 Å². The largest absolute Gasteiger partial charge is 0.494 e. The van der Waals surface area contributed by atoms with Gasteiger partial charge in [0.05, 0.1) is 6.61 Å². The summed E-state index contributed by atoms with van der Waals surface area (Å²) in [5, 5.41) is 11.1. The Kier molecular flexibility index (Phi) is 5.00. The van der Waals surface area contributed by atoms with E-state index in [1.807, 2.05) is 0 Å². The van der Waals surface area contributed by atoms with Gasteiger partial charge in [-0.25, -0.2) is 0 Å². The van der Waals surface area contributed by atoms with Crippen LogP contribution in [0.25, 0.3) is 0 Å². The molecule has 0 unspecified atom stereocenters. The van der Waals surface area contributed by atoms with E-state index < -0.39 is 5.97 Å². The third kappa shape index (κ3) is 5.55. The summed E-state index contributed by atoms with van der Waals surface area (Å²) in [6, 6.07) is 6.97. The van der Waals surface area contributed by atoms with Crippen LogP contribution in [0.1, 0.15) is 19.8 Å². The number of amides is 1. The predicted molar refractivity (Wildman–Crippen MR) is 63.1 cm³/mol. The first-order valence-electron chi connectivity index (χ1n) is 5.30. The van der Waals surface area contributed by atoms with Crippen LogP contribution >= 0.6 is 0 Å². The van der Waals surface area contributed by atoms with E-state index in [2.05, 4.69) is 5.32 Å². The molecule has 0 heterocycles. The van der Waals surface area contributed by atoms with E-state index in [0.717, 1.165) is 0 Å². The normalized spacial score (nSPS) is 9.71. The van der Waals surface area contributed by atoms with Crippen LogP contribution in [0.15, 0.2) is 24.3 Å². The summed E-state index contributed by atoms with van der Waals surface area (Å²) in [5.74, 6) is -0.365. The number of carboxylic acid groups (broad SMARTS) is 1. The topological polar surface area (TPSA) is 75.6 Å². The van der Waals surface area contributed by atoms with Gasteiger partial charge in [0.15, 0.2) is 0 Å². The molecule has 0 spiro atoms. The minimum absolute atomic E-state index is 0.0887. The van der Waals surface area contributed by atoms with E-state index in [1.165, 1.54) is 6.92 Å². The summed E-state index contributed by atoms with van der Waals surface area (Å²) in [7, 11) is 0. The van der Waals surface area contributed by atoms with E-state index in [0.29, 0.717) is 24.5 Å². The lowest BCUT2D eigenvalue weighted by molar-refractivity contribution is -0.137. The van der Waals surface area contributed by atoms with Crippen LogP contribution in [0.2, 0.25) is 0 Å². The zero-order valence-electron chi connectivity index (χ0n) is 9.60. The lowest BCUT2D eigenvalue weighted by Gasteiger charge is -2.07. The maximum absolute atomic E-state index is 10.8. The molecule has 0 aliphatic rings. The van der Waals surface area contributed by atoms with Crippen LogP contribution in [0.4, 0.5) is 5.69 Å². The summed E-state index contributed by atoms with van der Waals surface area (Å²) >= 11 is 0. The van der Waals surface area contributed by atoms with Gasteiger partial charge in [0.25, 0.3) is 0 Å². The summed E-state index contributed by atoms with van der Waals surface area (Å²) in [6.07, 6.45) is 0.547. The highest BCUT2D eigenvalue weighted by Gasteiger charge is 2.00. The minimum Gasteiger partial charge on any atom is -0.494 e. The first kappa shape index (κ1) is 13.0. The average Bonchev–Trinajstić information content (AvgIpc) is 2.24. The summed E-state index contributed by atoms with van der Waals surface area (Å²) in [4.78, 5) is 21.1. The molecular formula is C12H15NO4. The molecule has 0 aliphatic carbocycles. The number of hydrogen-bond donors (Lipinski definition) is 2. The maximum atomic E-state index is 10.8. The van der Waals surface area contributed by atoms with Crippen LogP contribution in [0.5, 0.6) is 5.75 Å². The van der Waals surface area contributed by atoms with Crippen molar-refractivity contribution < 1.29 is 19.4 Å². The van der Waals surface area contributed by atoms with Gasteiger partial charge in [0.2, 0.25) is 5.91 Å². The lowest BCUT2D eigenvalue weighted by atomic mass is 10.3. The summed E-state index contributed by atoms with van der Waals surface area (Å²) < 4.78 is 5.36. The number of ether oxygens (including phenoxy) is 1.